The summed E-state index contributed by atoms with van der Waals surface area (Å²) in [7, 11) is 0. The number of anilines is 1. The van der Waals surface area contributed by atoms with Crippen molar-refractivity contribution < 1.29 is 4.39 Å². The van der Waals surface area contributed by atoms with Gasteiger partial charge in [-0.15, -0.1) is 5.10 Å². The van der Waals surface area contributed by atoms with Crippen LogP contribution in [0.1, 0.15) is 17.7 Å². The van der Waals surface area contributed by atoms with Crippen LogP contribution in [0.25, 0.3) is 5.65 Å². The molecule has 3 rings (SSSR count). The summed E-state index contributed by atoms with van der Waals surface area (Å²) in [6.45, 7) is 2.76. The van der Waals surface area contributed by atoms with Gasteiger partial charge in [-0.2, -0.15) is 10.1 Å². The summed E-state index contributed by atoms with van der Waals surface area (Å²) in [6, 6.07) is 2.97. The Morgan fingerprint density at radius 3 is 3.10 bits per heavy atom. The first-order chi connectivity index (χ1) is 9.72. The highest BCUT2D eigenvalue weighted by molar-refractivity contribution is 5.42. The third kappa shape index (κ3) is 2.61. The molecule has 0 unspecified atom stereocenters. The fraction of sp³-hybridized carbons (Fsp3) is 0.308. The molecule has 0 atom stereocenters. The minimum Gasteiger partial charge on any atom is -0.353 e. The van der Waals surface area contributed by atoms with Crippen LogP contribution < -0.4 is 5.32 Å². The zero-order valence-corrected chi connectivity index (χ0v) is 11.1. The number of hydrogen-bond acceptors (Lipinski definition) is 4. The summed E-state index contributed by atoms with van der Waals surface area (Å²) in [5.41, 5.74) is 2.95. The predicted octanol–water partition coefficient (Wildman–Crippen LogP) is 1.94. The molecule has 2 N–H and O–H groups in total. The second kappa shape index (κ2) is 5.28. The van der Waals surface area contributed by atoms with Crippen LogP contribution >= 0.6 is 0 Å². The first-order valence-corrected chi connectivity index (χ1v) is 6.47. The summed E-state index contributed by atoms with van der Waals surface area (Å²) >= 11 is 0. The molecular formula is C13H15FN6. The van der Waals surface area contributed by atoms with Crippen LogP contribution in [-0.4, -0.2) is 31.3 Å². The van der Waals surface area contributed by atoms with Crippen LogP contribution in [0.2, 0.25) is 0 Å². The lowest BCUT2D eigenvalue weighted by Gasteiger charge is -2.01. The van der Waals surface area contributed by atoms with Crippen molar-refractivity contribution in [3.05, 3.63) is 41.6 Å². The molecule has 0 aromatic carbocycles. The Morgan fingerprint density at radius 2 is 2.30 bits per heavy atom. The summed E-state index contributed by atoms with van der Waals surface area (Å²) in [4.78, 5) is 4.26. The number of rotatable bonds is 5. The Kier molecular flexibility index (Phi) is 3.32. The topological polar surface area (TPSA) is 70.9 Å². The predicted molar refractivity (Wildman–Crippen MR) is 73.1 cm³/mol. The number of fused-ring (bicyclic) bond motifs is 1. The molecule has 3 aromatic rings. The highest BCUT2D eigenvalue weighted by Crippen LogP contribution is 2.08. The average Bonchev–Trinajstić information content (AvgIpc) is 3.00. The number of pyridine rings is 1. The molecule has 3 heterocycles. The molecule has 0 aliphatic rings. The van der Waals surface area contributed by atoms with Gasteiger partial charge >= 0.3 is 0 Å². The van der Waals surface area contributed by atoms with Gasteiger partial charge in [0, 0.05) is 12.2 Å². The molecule has 3 aromatic heterocycles. The van der Waals surface area contributed by atoms with E-state index >= 15 is 0 Å². The van der Waals surface area contributed by atoms with Crippen LogP contribution in [0.15, 0.2) is 24.5 Å². The van der Waals surface area contributed by atoms with Gasteiger partial charge in [0.25, 0.3) is 0 Å². The Hall–Kier alpha value is -2.44. The van der Waals surface area contributed by atoms with Gasteiger partial charge in [-0.3, -0.25) is 5.10 Å². The van der Waals surface area contributed by atoms with Gasteiger partial charge in [-0.25, -0.2) is 8.91 Å². The molecule has 6 nitrogen and oxygen atoms in total. The number of aromatic amines is 1. The van der Waals surface area contributed by atoms with Crippen molar-refractivity contribution in [1.29, 1.82) is 0 Å². The Bertz CT molecular complexity index is 717. The van der Waals surface area contributed by atoms with Crippen molar-refractivity contribution in [3.63, 3.8) is 0 Å². The largest absolute Gasteiger partial charge is 0.353 e. The maximum atomic E-state index is 13.0. The number of H-pyrrole nitrogens is 1. The zero-order chi connectivity index (χ0) is 13.9. The lowest BCUT2D eigenvalue weighted by molar-refractivity contribution is 0.615. The summed E-state index contributed by atoms with van der Waals surface area (Å²) < 4.78 is 14.5. The van der Waals surface area contributed by atoms with E-state index in [0.29, 0.717) is 11.6 Å². The number of halogens is 1. The lowest BCUT2D eigenvalue weighted by Crippen LogP contribution is -2.04. The number of nitrogens with zero attached hydrogens (tertiary/aromatic N) is 4. The number of aromatic nitrogens is 5. The highest BCUT2D eigenvalue weighted by Gasteiger charge is 2.04. The standard InChI is InChI=1S/C13H15FN6/c1-9-10(7-16-18-9)3-2-6-15-13-17-12-5-4-11(14)8-20(12)19-13/h4-5,7-8H,2-3,6H2,1H3,(H,15,19)(H,16,18). The van der Waals surface area contributed by atoms with Gasteiger partial charge in [-0.1, -0.05) is 0 Å². The molecule has 0 spiro atoms. The molecule has 0 radical (unpaired) electrons. The summed E-state index contributed by atoms with van der Waals surface area (Å²) in [5, 5.41) is 14.2. The maximum absolute atomic E-state index is 13.0. The minimum atomic E-state index is -0.329. The first kappa shape index (κ1) is 12.6. The maximum Gasteiger partial charge on any atom is 0.243 e. The average molecular weight is 274 g/mol. The van der Waals surface area contributed by atoms with E-state index < -0.39 is 0 Å². The normalized spacial score (nSPS) is 11.1. The fourth-order valence-corrected chi connectivity index (χ4v) is 2.04. The van der Waals surface area contributed by atoms with E-state index in [2.05, 4.69) is 25.6 Å². The van der Waals surface area contributed by atoms with Crippen molar-refractivity contribution in [1.82, 2.24) is 24.8 Å². The van der Waals surface area contributed by atoms with Crippen molar-refractivity contribution >= 4 is 11.6 Å². The number of nitrogens with one attached hydrogen (secondary N) is 2. The Balaban J connectivity index is 1.56. The van der Waals surface area contributed by atoms with E-state index in [1.165, 1.54) is 22.3 Å². The summed E-state index contributed by atoms with van der Waals surface area (Å²) in [5.74, 6) is 0.184. The van der Waals surface area contributed by atoms with Crippen molar-refractivity contribution in [3.8, 4) is 0 Å². The zero-order valence-electron chi connectivity index (χ0n) is 11.1. The molecule has 0 saturated carbocycles. The van der Waals surface area contributed by atoms with Crippen LogP contribution in [-0.2, 0) is 6.42 Å². The van der Waals surface area contributed by atoms with E-state index in [9.17, 15) is 4.39 Å². The van der Waals surface area contributed by atoms with Crippen LogP contribution in [0.3, 0.4) is 0 Å². The van der Waals surface area contributed by atoms with Crippen molar-refractivity contribution in [2.45, 2.75) is 19.8 Å². The molecule has 104 valence electrons. The SMILES string of the molecule is Cc1[nH]ncc1CCCNc1nc2ccc(F)cn2n1. The Morgan fingerprint density at radius 1 is 1.40 bits per heavy atom. The fourth-order valence-electron chi connectivity index (χ4n) is 2.04. The van der Waals surface area contributed by atoms with Crippen LogP contribution in [0.4, 0.5) is 10.3 Å². The Labute approximate surface area is 115 Å². The lowest BCUT2D eigenvalue weighted by atomic mass is 10.1. The van der Waals surface area contributed by atoms with Crippen molar-refractivity contribution in [2.24, 2.45) is 0 Å². The van der Waals surface area contributed by atoms with Gasteiger partial charge < -0.3 is 5.32 Å². The number of hydrogen-bond donors (Lipinski definition) is 2. The minimum absolute atomic E-state index is 0.329. The molecule has 0 aliphatic carbocycles. The first-order valence-electron chi connectivity index (χ1n) is 6.47. The summed E-state index contributed by atoms with van der Waals surface area (Å²) in [6.07, 6.45) is 5.05. The molecule has 0 saturated heterocycles. The van der Waals surface area contributed by atoms with Gasteiger partial charge in [0.1, 0.15) is 5.82 Å². The highest BCUT2D eigenvalue weighted by atomic mass is 19.1. The van der Waals surface area contributed by atoms with Gasteiger partial charge in [0.05, 0.1) is 12.4 Å². The molecule has 0 amide bonds. The molecular weight excluding hydrogens is 259 g/mol. The van der Waals surface area contributed by atoms with E-state index in [1.807, 2.05) is 13.1 Å². The third-order valence-electron chi connectivity index (χ3n) is 3.14. The smallest absolute Gasteiger partial charge is 0.243 e. The van der Waals surface area contributed by atoms with E-state index in [1.54, 1.807) is 6.07 Å². The van der Waals surface area contributed by atoms with Gasteiger partial charge in [-0.05, 0) is 37.5 Å². The van der Waals surface area contributed by atoms with Crippen molar-refractivity contribution in [2.75, 3.05) is 11.9 Å². The quantitative estimate of drug-likeness (QED) is 0.698. The molecule has 20 heavy (non-hydrogen) atoms. The molecule has 0 aliphatic heterocycles. The molecule has 7 heteroatoms. The van der Waals surface area contributed by atoms with Gasteiger partial charge in [0.2, 0.25) is 5.95 Å². The monoisotopic (exact) mass is 274 g/mol. The molecule has 0 bridgehead atoms. The second-order valence-electron chi connectivity index (χ2n) is 4.64. The van der Waals surface area contributed by atoms with Gasteiger partial charge in [0.15, 0.2) is 5.65 Å². The van der Waals surface area contributed by atoms with Crippen LogP contribution in [0.5, 0.6) is 0 Å². The van der Waals surface area contributed by atoms with E-state index in [0.717, 1.165) is 25.1 Å². The third-order valence-corrected chi connectivity index (χ3v) is 3.14. The molecule has 0 fully saturated rings. The van der Waals surface area contributed by atoms with E-state index in [-0.39, 0.29) is 5.82 Å². The number of aryl methyl sites for hydroxylation is 2. The van der Waals surface area contributed by atoms with Crippen LogP contribution in [0, 0.1) is 12.7 Å². The van der Waals surface area contributed by atoms with E-state index in [4.69, 9.17) is 0 Å². The second-order valence-corrected chi connectivity index (χ2v) is 4.64.